The molecule has 86 valence electrons. The van der Waals surface area contributed by atoms with Crippen LogP contribution in [0.25, 0.3) is 0 Å². The van der Waals surface area contributed by atoms with Gasteiger partial charge in [-0.2, -0.15) is 0 Å². The molecule has 0 amide bonds. The molecule has 0 aliphatic heterocycles. The number of Topliss-reactive ketones (excluding diaryl/α,β-unsaturated/α-hetero) is 1. The van der Waals surface area contributed by atoms with Crippen molar-refractivity contribution in [3.8, 4) is 0 Å². The molecule has 0 saturated heterocycles. The fourth-order valence-electron chi connectivity index (χ4n) is 1.31. The molecule has 0 fully saturated rings. The standard InChI is InChI=1S/C11H10BrClO3/c1-6(4-10(14)15)11(16)8-5-7(13)2-3-9(8)12/h2-3,5-6H,4H2,1H3,(H,14,15). The van der Waals surface area contributed by atoms with Crippen LogP contribution in [0.5, 0.6) is 0 Å². The summed E-state index contributed by atoms with van der Waals surface area (Å²) >= 11 is 9.02. The summed E-state index contributed by atoms with van der Waals surface area (Å²) in [5.41, 5.74) is 0.418. The second-order valence-corrected chi connectivity index (χ2v) is 4.78. The SMILES string of the molecule is CC(CC(=O)O)C(=O)c1cc(Cl)ccc1Br. The van der Waals surface area contributed by atoms with Gasteiger partial charge < -0.3 is 5.11 Å². The van der Waals surface area contributed by atoms with E-state index in [-0.39, 0.29) is 12.2 Å². The van der Waals surface area contributed by atoms with Crippen molar-refractivity contribution in [2.24, 2.45) is 5.92 Å². The van der Waals surface area contributed by atoms with Crippen molar-refractivity contribution >= 4 is 39.3 Å². The normalized spacial score (nSPS) is 12.2. The lowest BCUT2D eigenvalue weighted by molar-refractivity contribution is -0.137. The Kier molecular flexibility index (Phi) is 4.50. The second-order valence-electron chi connectivity index (χ2n) is 3.49. The van der Waals surface area contributed by atoms with Crippen molar-refractivity contribution in [2.75, 3.05) is 0 Å². The molecule has 3 nitrogen and oxygen atoms in total. The molecule has 0 spiro atoms. The van der Waals surface area contributed by atoms with Gasteiger partial charge in [0.25, 0.3) is 0 Å². The molecule has 0 bridgehead atoms. The Morgan fingerprint density at radius 1 is 1.50 bits per heavy atom. The van der Waals surface area contributed by atoms with Crippen LogP contribution < -0.4 is 0 Å². The highest BCUT2D eigenvalue weighted by Gasteiger charge is 2.20. The average Bonchev–Trinajstić information content (AvgIpc) is 2.19. The molecule has 1 atom stereocenters. The number of aliphatic carboxylic acids is 1. The Labute approximate surface area is 107 Å². The maximum atomic E-state index is 11.9. The second kappa shape index (κ2) is 5.46. The number of benzene rings is 1. The minimum atomic E-state index is -0.987. The van der Waals surface area contributed by atoms with Gasteiger partial charge in [0.15, 0.2) is 5.78 Å². The van der Waals surface area contributed by atoms with E-state index in [1.165, 1.54) is 6.07 Å². The van der Waals surface area contributed by atoms with Crippen molar-refractivity contribution in [1.29, 1.82) is 0 Å². The molecule has 0 saturated carbocycles. The number of carbonyl (C=O) groups is 2. The average molecular weight is 306 g/mol. The van der Waals surface area contributed by atoms with Crippen LogP contribution in [-0.4, -0.2) is 16.9 Å². The highest BCUT2D eigenvalue weighted by molar-refractivity contribution is 9.10. The Balaban J connectivity index is 2.95. The quantitative estimate of drug-likeness (QED) is 0.867. The van der Waals surface area contributed by atoms with E-state index in [1.54, 1.807) is 19.1 Å². The first-order valence-corrected chi connectivity index (χ1v) is 5.80. The first kappa shape index (κ1) is 13.2. The minimum absolute atomic E-state index is 0.183. The van der Waals surface area contributed by atoms with Crippen LogP contribution in [0.4, 0.5) is 0 Å². The van der Waals surface area contributed by atoms with E-state index in [4.69, 9.17) is 16.7 Å². The highest BCUT2D eigenvalue weighted by atomic mass is 79.9. The van der Waals surface area contributed by atoms with E-state index in [1.807, 2.05) is 0 Å². The van der Waals surface area contributed by atoms with Gasteiger partial charge in [-0.1, -0.05) is 34.5 Å². The summed E-state index contributed by atoms with van der Waals surface area (Å²) in [5, 5.41) is 9.07. The van der Waals surface area contributed by atoms with E-state index in [0.717, 1.165) is 0 Å². The molecule has 0 aliphatic carbocycles. The van der Waals surface area contributed by atoms with Crippen LogP contribution >= 0.6 is 27.5 Å². The van der Waals surface area contributed by atoms with Gasteiger partial charge >= 0.3 is 5.97 Å². The summed E-state index contributed by atoms with van der Waals surface area (Å²) < 4.78 is 0.624. The number of carbonyl (C=O) groups excluding carboxylic acids is 1. The maximum absolute atomic E-state index is 11.9. The molecule has 0 radical (unpaired) electrons. The number of rotatable bonds is 4. The van der Waals surface area contributed by atoms with Crippen LogP contribution in [-0.2, 0) is 4.79 Å². The third kappa shape index (κ3) is 3.32. The third-order valence-corrected chi connectivity index (χ3v) is 3.05. The van der Waals surface area contributed by atoms with Crippen LogP contribution in [0, 0.1) is 5.92 Å². The summed E-state index contributed by atoms with van der Waals surface area (Å²) in [6.45, 7) is 1.59. The molecule has 1 aromatic rings. The molecule has 16 heavy (non-hydrogen) atoms. The third-order valence-electron chi connectivity index (χ3n) is 2.12. The van der Waals surface area contributed by atoms with E-state index in [0.29, 0.717) is 15.1 Å². The van der Waals surface area contributed by atoms with E-state index >= 15 is 0 Å². The number of hydrogen-bond donors (Lipinski definition) is 1. The van der Waals surface area contributed by atoms with Gasteiger partial charge in [0.05, 0.1) is 6.42 Å². The van der Waals surface area contributed by atoms with E-state index in [9.17, 15) is 9.59 Å². The number of carboxylic acid groups (broad SMARTS) is 1. The van der Waals surface area contributed by atoms with Crippen molar-refractivity contribution < 1.29 is 14.7 Å². The molecule has 1 unspecified atom stereocenters. The van der Waals surface area contributed by atoms with Gasteiger partial charge in [-0.15, -0.1) is 0 Å². The molecule has 1 aromatic carbocycles. The monoisotopic (exact) mass is 304 g/mol. The molecule has 1 rings (SSSR count). The van der Waals surface area contributed by atoms with Gasteiger partial charge in [-0.3, -0.25) is 9.59 Å². The van der Waals surface area contributed by atoms with Crippen molar-refractivity contribution in [1.82, 2.24) is 0 Å². The smallest absolute Gasteiger partial charge is 0.304 e. The summed E-state index contributed by atoms with van der Waals surface area (Å²) in [6, 6.07) is 4.86. The minimum Gasteiger partial charge on any atom is -0.481 e. The summed E-state index contributed by atoms with van der Waals surface area (Å²) in [6.07, 6.45) is -0.183. The largest absolute Gasteiger partial charge is 0.481 e. The fourth-order valence-corrected chi connectivity index (χ4v) is 1.92. The lowest BCUT2D eigenvalue weighted by Crippen LogP contribution is -2.15. The van der Waals surface area contributed by atoms with Crippen LogP contribution in [0.3, 0.4) is 0 Å². The van der Waals surface area contributed by atoms with Gasteiger partial charge in [0.1, 0.15) is 0 Å². The zero-order valence-electron chi connectivity index (χ0n) is 8.54. The van der Waals surface area contributed by atoms with Gasteiger partial charge in [-0.25, -0.2) is 0 Å². The highest BCUT2D eigenvalue weighted by Crippen LogP contribution is 2.24. The summed E-state index contributed by atoms with van der Waals surface area (Å²) in [4.78, 5) is 22.4. The molecule has 0 aromatic heterocycles. The molecular weight excluding hydrogens is 295 g/mol. The fraction of sp³-hybridized carbons (Fsp3) is 0.273. The topological polar surface area (TPSA) is 54.4 Å². The Bertz CT molecular complexity index is 431. The molecule has 0 aliphatic rings. The number of hydrogen-bond acceptors (Lipinski definition) is 2. The molecule has 0 heterocycles. The Morgan fingerprint density at radius 3 is 2.69 bits per heavy atom. The molecule has 5 heteroatoms. The Hall–Kier alpha value is -0.870. The molecular formula is C11H10BrClO3. The van der Waals surface area contributed by atoms with Crippen LogP contribution in [0.15, 0.2) is 22.7 Å². The first-order chi connectivity index (χ1) is 7.41. The summed E-state index contributed by atoms with van der Waals surface area (Å²) in [7, 11) is 0. The summed E-state index contributed by atoms with van der Waals surface area (Å²) in [5.74, 6) is -1.77. The van der Waals surface area contributed by atoms with Gasteiger partial charge in [0.2, 0.25) is 0 Å². The van der Waals surface area contributed by atoms with Crippen molar-refractivity contribution in [2.45, 2.75) is 13.3 Å². The maximum Gasteiger partial charge on any atom is 0.304 e. The number of halogens is 2. The molecule has 1 N–H and O–H groups in total. The van der Waals surface area contributed by atoms with E-state index < -0.39 is 11.9 Å². The van der Waals surface area contributed by atoms with E-state index in [2.05, 4.69) is 15.9 Å². The zero-order valence-corrected chi connectivity index (χ0v) is 10.9. The number of ketones is 1. The van der Waals surface area contributed by atoms with Crippen LogP contribution in [0.2, 0.25) is 5.02 Å². The predicted octanol–water partition coefficient (Wildman–Crippen LogP) is 3.40. The van der Waals surface area contributed by atoms with Crippen LogP contribution in [0.1, 0.15) is 23.7 Å². The Morgan fingerprint density at radius 2 is 2.12 bits per heavy atom. The zero-order chi connectivity index (χ0) is 12.3. The number of carboxylic acids is 1. The van der Waals surface area contributed by atoms with Crippen molar-refractivity contribution in [3.05, 3.63) is 33.3 Å². The lowest BCUT2D eigenvalue weighted by Gasteiger charge is -2.09. The predicted molar refractivity (Wildman–Crippen MR) is 64.9 cm³/mol. The first-order valence-electron chi connectivity index (χ1n) is 4.63. The lowest BCUT2D eigenvalue weighted by atomic mass is 9.96. The van der Waals surface area contributed by atoms with Gasteiger partial charge in [-0.05, 0) is 18.2 Å². The van der Waals surface area contributed by atoms with Gasteiger partial charge in [0, 0.05) is 21.0 Å². The van der Waals surface area contributed by atoms with Crippen molar-refractivity contribution in [3.63, 3.8) is 0 Å².